The van der Waals surface area contributed by atoms with E-state index in [1.165, 1.54) is 23.7 Å². The van der Waals surface area contributed by atoms with Crippen molar-refractivity contribution in [3.63, 3.8) is 0 Å². The van der Waals surface area contributed by atoms with Gasteiger partial charge in [-0.1, -0.05) is 0 Å². The summed E-state index contributed by atoms with van der Waals surface area (Å²) in [7, 11) is 1.44. The number of pyridine rings is 1. The number of nitrogens with one attached hydrogen (secondary N) is 1. The molecule has 2 aromatic rings. The fourth-order valence-electron chi connectivity index (χ4n) is 3.26. The standard InChI is InChI=1S/C16H16F3N3O2/c1-22-9-5-4-8(20)11(17)10(9)12-13(15(22)23)24-6-16(18,19)14(21-12)7-2-3-7/h4-5,7,14,21H,2-3,6,20H2,1H3/t14-/m0/s1. The Balaban J connectivity index is 2.04. The minimum absolute atomic E-state index is 0.00421. The molecule has 0 spiro atoms. The third-order valence-electron chi connectivity index (χ3n) is 4.74. The molecule has 1 aliphatic heterocycles. The molecule has 24 heavy (non-hydrogen) atoms. The number of nitrogen functional groups attached to an aromatic ring is 1. The number of nitrogens with zero attached hydrogens (tertiary/aromatic N) is 1. The van der Waals surface area contributed by atoms with Gasteiger partial charge in [0.1, 0.15) is 0 Å². The molecule has 2 heterocycles. The average Bonchev–Trinajstić information content (AvgIpc) is 3.35. The number of aromatic nitrogens is 1. The Morgan fingerprint density at radius 1 is 1.38 bits per heavy atom. The van der Waals surface area contributed by atoms with E-state index in [9.17, 15) is 18.0 Å². The Bertz CT molecular complexity index is 906. The first-order valence-electron chi connectivity index (χ1n) is 7.69. The molecule has 1 fully saturated rings. The number of hydrogen-bond acceptors (Lipinski definition) is 4. The van der Waals surface area contributed by atoms with E-state index in [1.54, 1.807) is 0 Å². The highest BCUT2D eigenvalue weighted by Gasteiger charge is 2.51. The van der Waals surface area contributed by atoms with E-state index >= 15 is 0 Å². The van der Waals surface area contributed by atoms with E-state index in [-0.39, 0.29) is 33.9 Å². The smallest absolute Gasteiger partial charge is 0.301 e. The minimum atomic E-state index is -3.16. The van der Waals surface area contributed by atoms with E-state index in [2.05, 4.69) is 5.32 Å². The van der Waals surface area contributed by atoms with Crippen LogP contribution in [0.2, 0.25) is 0 Å². The van der Waals surface area contributed by atoms with Crippen molar-refractivity contribution in [1.82, 2.24) is 4.57 Å². The Morgan fingerprint density at radius 3 is 2.75 bits per heavy atom. The molecule has 1 aromatic heterocycles. The van der Waals surface area contributed by atoms with Crippen molar-refractivity contribution in [2.75, 3.05) is 17.7 Å². The van der Waals surface area contributed by atoms with Crippen LogP contribution in [0.5, 0.6) is 5.75 Å². The normalized spacial score (nSPS) is 22.4. The van der Waals surface area contributed by atoms with E-state index in [0.29, 0.717) is 12.8 Å². The summed E-state index contributed by atoms with van der Waals surface area (Å²) in [6.07, 6.45) is 1.33. The number of fused-ring (bicyclic) bond motifs is 3. The maximum Gasteiger partial charge on any atom is 0.301 e. The fraction of sp³-hybridized carbons (Fsp3) is 0.438. The van der Waals surface area contributed by atoms with Gasteiger partial charge in [-0.3, -0.25) is 4.79 Å². The predicted octanol–water partition coefficient (Wildman–Crippen LogP) is 2.48. The molecule has 8 heteroatoms. The zero-order valence-corrected chi connectivity index (χ0v) is 12.9. The highest BCUT2D eigenvalue weighted by molar-refractivity contribution is 5.97. The van der Waals surface area contributed by atoms with Crippen molar-refractivity contribution in [2.45, 2.75) is 24.8 Å². The highest BCUT2D eigenvalue weighted by Crippen LogP contribution is 2.45. The molecule has 0 unspecified atom stereocenters. The van der Waals surface area contributed by atoms with Gasteiger partial charge in [-0.05, 0) is 30.9 Å². The van der Waals surface area contributed by atoms with Gasteiger partial charge in [-0.15, -0.1) is 0 Å². The van der Waals surface area contributed by atoms with Crippen LogP contribution >= 0.6 is 0 Å². The van der Waals surface area contributed by atoms with Gasteiger partial charge in [0, 0.05) is 7.05 Å². The third-order valence-corrected chi connectivity index (χ3v) is 4.74. The lowest BCUT2D eigenvalue weighted by Gasteiger charge is -2.25. The van der Waals surface area contributed by atoms with Crippen molar-refractivity contribution in [3.8, 4) is 5.75 Å². The van der Waals surface area contributed by atoms with Gasteiger partial charge in [0.2, 0.25) is 5.75 Å². The van der Waals surface area contributed by atoms with Gasteiger partial charge in [-0.25, -0.2) is 13.2 Å². The van der Waals surface area contributed by atoms with E-state index in [4.69, 9.17) is 10.5 Å². The Kier molecular flexibility index (Phi) is 3.04. The number of ether oxygens (including phenoxy) is 1. The molecular formula is C16H16F3N3O2. The lowest BCUT2D eigenvalue weighted by Crippen LogP contribution is -2.44. The lowest BCUT2D eigenvalue weighted by molar-refractivity contribution is -0.0579. The number of alkyl halides is 2. The topological polar surface area (TPSA) is 69.3 Å². The summed E-state index contributed by atoms with van der Waals surface area (Å²) in [5.41, 5.74) is 5.14. The zero-order chi connectivity index (χ0) is 17.2. The molecule has 1 atom stereocenters. The molecule has 1 saturated carbocycles. The second-order valence-electron chi connectivity index (χ2n) is 6.44. The van der Waals surface area contributed by atoms with E-state index < -0.39 is 29.9 Å². The van der Waals surface area contributed by atoms with Gasteiger partial charge < -0.3 is 20.4 Å². The van der Waals surface area contributed by atoms with Gasteiger partial charge in [0.05, 0.1) is 28.3 Å². The summed E-state index contributed by atoms with van der Waals surface area (Å²) in [4.78, 5) is 12.5. The van der Waals surface area contributed by atoms with Crippen LogP contribution < -0.4 is 21.3 Å². The van der Waals surface area contributed by atoms with Crippen LogP contribution in [-0.4, -0.2) is 23.1 Å². The number of benzene rings is 1. The van der Waals surface area contributed by atoms with Crippen molar-refractivity contribution >= 4 is 22.3 Å². The van der Waals surface area contributed by atoms with Crippen LogP contribution in [0, 0.1) is 11.7 Å². The fourth-order valence-corrected chi connectivity index (χ4v) is 3.26. The highest BCUT2D eigenvalue weighted by atomic mass is 19.3. The van der Waals surface area contributed by atoms with Crippen LogP contribution in [0.15, 0.2) is 16.9 Å². The summed E-state index contributed by atoms with van der Waals surface area (Å²) in [5.74, 6) is -4.43. The van der Waals surface area contributed by atoms with Crippen molar-refractivity contribution in [1.29, 1.82) is 0 Å². The van der Waals surface area contributed by atoms with Gasteiger partial charge in [0.25, 0.3) is 5.56 Å². The molecule has 2 aliphatic rings. The Morgan fingerprint density at radius 2 is 2.08 bits per heavy atom. The molecule has 128 valence electrons. The second kappa shape index (κ2) is 4.81. The van der Waals surface area contributed by atoms with Crippen molar-refractivity contribution in [3.05, 3.63) is 28.3 Å². The van der Waals surface area contributed by atoms with E-state index in [1.807, 2.05) is 0 Å². The molecule has 3 N–H and O–H groups in total. The Hall–Kier alpha value is -2.38. The molecule has 4 rings (SSSR count). The maximum atomic E-state index is 14.6. The average molecular weight is 339 g/mol. The van der Waals surface area contributed by atoms with Crippen LogP contribution in [-0.2, 0) is 7.05 Å². The zero-order valence-electron chi connectivity index (χ0n) is 12.9. The number of aryl methyl sites for hydroxylation is 1. The predicted molar refractivity (Wildman–Crippen MR) is 84.1 cm³/mol. The quantitative estimate of drug-likeness (QED) is 0.783. The largest absolute Gasteiger partial charge is 0.480 e. The summed E-state index contributed by atoms with van der Waals surface area (Å²) in [6, 6.07) is 1.63. The van der Waals surface area contributed by atoms with Crippen LogP contribution in [0.4, 0.5) is 24.5 Å². The summed E-state index contributed by atoms with van der Waals surface area (Å²) in [5, 5.41) is 2.70. The molecular weight excluding hydrogens is 323 g/mol. The number of nitrogens with two attached hydrogens (primary N) is 1. The van der Waals surface area contributed by atoms with Gasteiger partial charge >= 0.3 is 5.92 Å². The second-order valence-corrected chi connectivity index (χ2v) is 6.44. The summed E-state index contributed by atoms with van der Waals surface area (Å²) < 4.78 is 49.7. The van der Waals surface area contributed by atoms with Crippen LogP contribution in [0.25, 0.3) is 10.9 Å². The molecule has 1 aromatic carbocycles. The van der Waals surface area contributed by atoms with Gasteiger partial charge in [0.15, 0.2) is 12.4 Å². The van der Waals surface area contributed by atoms with Gasteiger partial charge in [-0.2, -0.15) is 0 Å². The first-order chi connectivity index (χ1) is 11.3. The lowest BCUT2D eigenvalue weighted by atomic mass is 10.0. The maximum absolute atomic E-state index is 14.6. The Labute approximate surface area is 135 Å². The molecule has 0 radical (unpaired) electrons. The summed E-state index contributed by atoms with van der Waals surface area (Å²) in [6.45, 7) is -0.918. The first-order valence-corrected chi connectivity index (χ1v) is 7.69. The monoisotopic (exact) mass is 339 g/mol. The molecule has 0 saturated heterocycles. The first kappa shape index (κ1) is 15.2. The third kappa shape index (κ3) is 2.05. The van der Waals surface area contributed by atoms with Crippen LogP contribution in [0.3, 0.4) is 0 Å². The molecule has 5 nitrogen and oxygen atoms in total. The van der Waals surface area contributed by atoms with Crippen LogP contribution in [0.1, 0.15) is 12.8 Å². The molecule has 0 bridgehead atoms. The SMILES string of the molecule is Cn1c(=O)c2c(c3c(F)c(N)ccc31)N[C@@H](C1CC1)C(F)(F)CO2. The number of halogens is 3. The minimum Gasteiger partial charge on any atom is -0.480 e. The van der Waals surface area contributed by atoms with Crippen molar-refractivity contribution in [2.24, 2.45) is 13.0 Å². The van der Waals surface area contributed by atoms with Crippen molar-refractivity contribution < 1.29 is 17.9 Å². The number of anilines is 2. The summed E-state index contributed by atoms with van der Waals surface area (Å²) >= 11 is 0. The molecule has 1 aliphatic carbocycles. The molecule has 0 amide bonds. The van der Waals surface area contributed by atoms with E-state index in [0.717, 1.165) is 0 Å². The number of hydrogen-bond donors (Lipinski definition) is 2. The number of rotatable bonds is 1.